The second-order valence-corrected chi connectivity index (χ2v) is 4.71. The molecular weight excluding hydrogens is 216 g/mol. The van der Waals surface area contributed by atoms with Gasteiger partial charge in [0.15, 0.2) is 0 Å². The first-order valence-corrected chi connectivity index (χ1v) is 5.95. The summed E-state index contributed by atoms with van der Waals surface area (Å²) in [5, 5.41) is 12.9. The molecule has 4 nitrogen and oxygen atoms in total. The van der Waals surface area contributed by atoms with E-state index in [2.05, 4.69) is 10.3 Å². The number of hydrogen-bond acceptors (Lipinski definition) is 4. The zero-order valence-electron chi connectivity index (χ0n) is 11.1. The second kappa shape index (κ2) is 5.98. The van der Waals surface area contributed by atoms with E-state index in [1.165, 1.54) is 0 Å². The van der Waals surface area contributed by atoms with Gasteiger partial charge in [0.1, 0.15) is 5.75 Å². The maximum atomic E-state index is 9.63. The van der Waals surface area contributed by atoms with E-state index in [4.69, 9.17) is 4.74 Å². The van der Waals surface area contributed by atoms with Crippen molar-refractivity contribution in [2.75, 3.05) is 13.2 Å². The van der Waals surface area contributed by atoms with Crippen LogP contribution in [0.5, 0.6) is 5.75 Å². The molecule has 0 bridgehead atoms. The van der Waals surface area contributed by atoms with Crippen LogP contribution in [0.15, 0.2) is 12.1 Å². The molecule has 0 spiro atoms. The topological polar surface area (TPSA) is 54.4 Å². The van der Waals surface area contributed by atoms with Crippen LogP contribution < -0.4 is 5.32 Å². The number of aryl methyl sites for hydroxylation is 1. The summed E-state index contributed by atoms with van der Waals surface area (Å²) in [6, 6.07) is 3.47. The van der Waals surface area contributed by atoms with E-state index in [1.807, 2.05) is 27.7 Å². The molecule has 0 unspecified atom stereocenters. The molecule has 1 rings (SSSR count). The SMILES string of the molecule is CCOC(C)(C)CNCc1nc(C)ccc1O. The highest BCUT2D eigenvalue weighted by Crippen LogP contribution is 2.14. The number of nitrogens with zero attached hydrogens (tertiary/aromatic N) is 1. The highest BCUT2D eigenvalue weighted by molar-refractivity contribution is 5.27. The molecular formula is C13H22N2O2. The van der Waals surface area contributed by atoms with Gasteiger partial charge in [-0.2, -0.15) is 0 Å². The first-order chi connectivity index (χ1) is 7.94. The molecule has 4 heteroatoms. The van der Waals surface area contributed by atoms with Crippen molar-refractivity contribution < 1.29 is 9.84 Å². The molecule has 1 aromatic heterocycles. The third-order valence-electron chi connectivity index (χ3n) is 2.47. The molecule has 0 atom stereocenters. The molecule has 0 aromatic carbocycles. The van der Waals surface area contributed by atoms with Crippen LogP contribution in [-0.4, -0.2) is 28.8 Å². The van der Waals surface area contributed by atoms with Crippen LogP contribution in [0.25, 0.3) is 0 Å². The lowest BCUT2D eigenvalue weighted by atomic mass is 10.1. The summed E-state index contributed by atoms with van der Waals surface area (Å²) < 4.78 is 5.58. The average Bonchev–Trinajstić information content (AvgIpc) is 2.23. The van der Waals surface area contributed by atoms with Gasteiger partial charge in [-0.3, -0.25) is 4.98 Å². The summed E-state index contributed by atoms with van der Waals surface area (Å²) in [4.78, 5) is 4.28. The van der Waals surface area contributed by atoms with Gasteiger partial charge in [-0.25, -0.2) is 0 Å². The lowest BCUT2D eigenvalue weighted by Crippen LogP contribution is -2.37. The minimum atomic E-state index is -0.200. The smallest absolute Gasteiger partial charge is 0.138 e. The van der Waals surface area contributed by atoms with Crippen LogP contribution in [-0.2, 0) is 11.3 Å². The maximum absolute atomic E-state index is 9.63. The summed E-state index contributed by atoms with van der Waals surface area (Å²) in [7, 11) is 0. The standard InChI is InChI=1S/C13H22N2O2/c1-5-17-13(3,4)9-14-8-11-12(16)7-6-10(2)15-11/h6-7,14,16H,5,8-9H2,1-4H3. The summed E-state index contributed by atoms with van der Waals surface area (Å²) in [5.74, 6) is 0.234. The Morgan fingerprint density at radius 1 is 1.41 bits per heavy atom. The molecule has 1 aromatic rings. The summed E-state index contributed by atoms with van der Waals surface area (Å²) in [6.45, 7) is 9.92. The van der Waals surface area contributed by atoms with Crippen molar-refractivity contribution >= 4 is 0 Å². The van der Waals surface area contributed by atoms with Gasteiger partial charge in [-0.15, -0.1) is 0 Å². The lowest BCUT2D eigenvalue weighted by Gasteiger charge is -2.25. The monoisotopic (exact) mass is 238 g/mol. The van der Waals surface area contributed by atoms with Crippen molar-refractivity contribution in [2.24, 2.45) is 0 Å². The molecule has 0 fully saturated rings. The van der Waals surface area contributed by atoms with E-state index < -0.39 is 0 Å². The highest BCUT2D eigenvalue weighted by atomic mass is 16.5. The van der Waals surface area contributed by atoms with Crippen LogP contribution in [0.3, 0.4) is 0 Å². The fraction of sp³-hybridized carbons (Fsp3) is 0.615. The Hall–Kier alpha value is -1.13. The van der Waals surface area contributed by atoms with Crippen LogP contribution >= 0.6 is 0 Å². The Balaban J connectivity index is 2.48. The third kappa shape index (κ3) is 4.71. The first kappa shape index (κ1) is 13.9. The largest absolute Gasteiger partial charge is 0.506 e. The summed E-state index contributed by atoms with van der Waals surface area (Å²) >= 11 is 0. The number of aromatic hydroxyl groups is 1. The molecule has 2 N–H and O–H groups in total. The molecule has 0 aliphatic rings. The Kier molecular flexibility index (Phi) is 4.90. The molecule has 0 saturated carbocycles. The van der Waals surface area contributed by atoms with E-state index in [0.717, 1.165) is 12.2 Å². The van der Waals surface area contributed by atoms with Crippen molar-refractivity contribution in [3.05, 3.63) is 23.5 Å². The molecule has 0 amide bonds. The summed E-state index contributed by atoms with van der Waals surface area (Å²) in [5.41, 5.74) is 1.38. The summed E-state index contributed by atoms with van der Waals surface area (Å²) in [6.07, 6.45) is 0. The minimum Gasteiger partial charge on any atom is -0.506 e. The van der Waals surface area contributed by atoms with Gasteiger partial charge < -0.3 is 15.2 Å². The van der Waals surface area contributed by atoms with Crippen molar-refractivity contribution in [3.8, 4) is 5.75 Å². The van der Waals surface area contributed by atoms with Gasteiger partial charge in [0.2, 0.25) is 0 Å². The van der Waals surface area contributed by atoms with Gasteiger partial charge in [0.25, 0.3) is 0 Å². The minimum absolute atomic E-state index is 0.200. The lowest BCUT2D eigenvalue weighted by molar-refractivity contribution is -0.00905. The molecule has 1 heterocycles. The van der Waals surface area contributed by atoms with E-state index in [0.29, 0.717) is 18.8 Å². The van der Waals surface area contributed by atoms with Gasteiger partial charge >= 0.3 is 0 Å². The normalized spacial score (nSPS) is 11.8. The highest BCUT2D eigenvalue weighted by Gasteiger charge is 2.17. The number of aromatic nitrogens is 1. The Morgan fingerprint density at radius 2 is 2.12 bits per heavy atom. The zero-order valence-corrected chi connectivity index (χ0v) is 11.1. The van der Waals surface area contributed by atoms with E-state index in [-0.39, 0.29) is 11.4 Å². The molecule has 0 radical (unpaired) electrons. The Bertz CT molecular complexity index is 364. The predicted molar refractivity (Wildman–Crippen MR) is 68.1 cm³/mol. The predicted octanol–water partition coefficient (Wildman–Crippen LogP) is 2.00. The first-order valence-electron chi connectivity index (χ1n) is 5.95. The van der Waals surface area contributed by atoms with E-state index in [9.17, 15) is 5.11 Å². The quantitative estimate of drug-likeness (QED) is 0.796. The Labute approximate surface area is 103 Å². The maximum Gasteiger partial charge on any atom is 0.138 e. The number of pyridine rings is 1. The molecule has 0 aliphatic heterocycles. The second-order valence-electron chi connectivity index (χ2n) is 4.71. The Morgan fingerprint density at radius 3 is 2.76 bits per heavy atom. The molecule has 17 heavy (non-hydrogen) atoms. The van der Waals surface area contributed by atoms with Crippen molar-refractivity contribution in [3.63, 3.8) is 0 Å². The number of nitrogens with one attached hydrogen (secondary N) is 1. The van der Waals surface area contributed by atoms with Gasteiger partial charge in [-0.05, 0) is 39.8 Å². The van der Waals surface area contributed by atoms with Crippen molar-refractivity contribution in [1.82, 2.24) is 10.3 Å². The fourth-order valence-electron chi connectivity index (χ4n) is 1.66. The van der Waals surface area contributed by atoms with Crippen LogP contribution in [0, 0.1) is 6.92 Å². The van der Waals surface area contributed by atoms with Crippen molar-refractivity contribution in [2.45, 2.75) is 39.8 Å². The van der Waals surface area contributed by atoms with Crippen LogP contribution in [0.2, 0.25) is 0 Å². The van der Waals surface area contributed by atoms with Crippen LogP contribution in [0.1, 0.15) is 32.2 Å². The molecule has 0 saturated heterocycles. The number of ether oxygens (including phenoxy) is 1. The molecule has 0 aliphatic carbocycles. The number of rotatable bonds is 6. The van der Waals surface area contributed by atoms with E-state index in [1.54, 1.807) is 12.1 Å². The van der Waals surface area contributed by atoms with E-state index >= 15 is 0 Å². The van der Waals surface area contributed by atoms with Crippen molar-refractivity contribution in [1.29, 1.82) is 0 Å². The van der Waals surface area contributed by atoms with Gasteiger partial charge in [-0.1, -0.05) is 0 Å². The zero-order chi connectivity index (χ0) is 12.9. The third-order valence-corrected chi connectivity index (χ3v) is 2.47. The molecule has 96 valence electrons. The van der Waals surface area contributed by atoms with Gasteiger partial charge in [0.05, 0.1) is 11.3 Å². The van der Waals surface area contributed by atoms with Gasteiger partial charge in [0, 0.05) is 25.4 Å². The average molecular weight is 238 g/mol. The fourth-order valence-corrected chi connectivity index (χ4v) is 1.66. The van der Waals surface area contributed by atoms with Crippen LogP contribution in [0.4, 0.5) is 0 Å². The number of hydrogen-bond donors (Lipinski definition) is 2.